The summed E-state index contributed by atoms with van der Waals surface area (Å²) in [6.45, 7) is 3.93. The molecule has 0 aromatic heterocycles. The number of carbonyl (C=O) groups excluding carboxylic acids is 1. The fourth-order valence-corrected chi connectivity index (χ4v) is 1.97. The quantitative estimate of drug-likeness (QED) is 0.336. The summed E-state index contributed by atoms with van der Waals surface area (Å²) in [6, 6.07) is 18.8. The zero-order valence-electron chi connectivity index (χ0n) is 13.1. The Bertz CT molecular complexity index is 773. The van der Waals surface area contributed by atoms with Gasteiger partial charge in [-0.15, -0.1) is 0 Å². The van der Waals surface area contributed by atoms with E-state index in [9.17, 15) is 10.1 Å². The van der Waals surface area contributed by atoms with Gasteiger partial charge in [0.05, 0.1) is 0 Å². The van der Waals surface area contributed by atoms with E-state index in [1.807, 2.05) is 48.5 Å². The molecule has 24 heavy (non-hydrogen) atoms. The molecule has 120 valence electrons. The topological polar surface area (TPSA) is 59.3 Å². The highest BCUT2D eigenvalue weighted by Crippen LogP contribution is 2.22. The standard InChI is InChI=1S/C20H17NO3/c1-2-12-23-20(22)18(14-21)13-17-10-6-7-11-19(17)24-15-16-8-4-3-5-9-16/h2-11,13H,1,12,15H2/b18-13+. The van der Waals surface area contributed by atoms with Crippen LogP contribution in [0.4, 0.5) is 0 Å². The minimum Gasteiger partial charge on any atom is -0.488 e. The molecule has 2 rings (SSSR count). The summed E-state index contributed by atoms with van der Waals surface area (Å²) in [5.41, 5.74) is 1.58. The summed E-state index contributed by atoms with van der Waals surface area (Å²) < 4.78 is 10.7. The molecule has 4 heteroatoms. The highest BCUT2D eigenvalue weighted by molar-refractivity contribution is 5.98. The Morgan fingerprint density at radius 3 is 2.54 bits per heavy atom. The number of benzene rings is 2. The van der Waals surface area contributed by atoms with Crippen LogP contribution in [0.15, 0.2) is 72.8 Å². The highest BCUT2D eigenvalue weighted by Gasteiger charge is 2.11. The molecule has 0 saturated carbocycles. The predicted molar refractivity (Wildman–Crippen MR) is 92.0 cm³/mol. The first-order valence-electron chi connectivity index (χ1n) is 7.40. The van der Waals surface area contributed by atoms with E-state index in [2.05, 4.69) is 6.58 Å². The minimum absolute atomic E-state index is 0.0595. The van der Waals surface area contributed by atoms with Crippen molar-refractivity contribution in [1.29, 1.82) is 5.26 Å². The van der Waals surface area contributed by atoms with Crippen molar-refractivity contribution in [2.75, 3.05) is 6.61 Å². The third kappa shape index (κ3) is 4.85. The van der Waals surface area contributed by atoms with Gasteiger partial charge in [0.1, 0.15) is 30.6 Å². The molecule has 0 bridgehead atoms. The van der Waals surface area contributed by atoms with Crippen LogP contribution in [0.2, 0.25) is 0 Å². The smallest absolute Gasteiger partial charge is 0.349 e. The van der Waals surface area contributed by atoms with Gasteiger partial charge in [0.15, 0.2) is 0 Å². The fourth-order valence-electron chi connectivity index (χ4n) is 1.97. The molecule has 0 aliphatic rings. The van der Waals surface area contributed by atoms with Gasteiger partial charge < -0.3 is 9.47 Å². The lowest BCUT2D eigenvalue weighted by molar-refractivity contribution is -0.137. The van der Waals surface area contributed by atoms with Gasteiger partial charge in [0.25, 0.3) is 0 Å². The number of hydrogen-bond acceptors (Lipinski definition) is 4. The van der Waals surface area contributed by atoms with Crippen LogP contribution in [-0.4, -0.2) is 12.6 Å². The van der Waals surface area contributed by atoms with Crippen LogP contribution < -0.4 is 4.74 Å². The lowest BCUT2D eigenvalue weighted by atomic mass is 10.1. The van der Waals surface area contributed by atoms with Gasteiger partial charge in [-0.05, 0) is 17.7 Å². The number of rotatable bonds is 7. The van der Waals surface area contributed by atoms with Gasteiger partial charge in [-0.3, -0.25) is 0 Å². The number of hydrogen-bond donors (Lipinski definition) is 0. The van der Waals surface area contributed by atoms with Crippen molar-refractivity contribution in [2.45, 2.75) is 6.61 Å². The minimum atomic E-state index is -0.685. The summed E-state index contributed by atoms with van der Waals surface area (Å²) in [7, 11) is 0. The lowest BCUT2D eigenvalue weighted by Gasteiger charge is -2.09. The molecule has 0 saturated heterocycles. The van der Waals surface area contributed by atoms with Crippen LogP contribution in [0.1, 0.15) is 11.1 Å². The number of esters is 1. The van der Waals surface area contributed by atoms with Gasteiger partial charge >= 0.3 is 5.97 Å². The van der Waals surface area contributed by atoms with Crippen molar-refractivity contribution in [3.8, 4) is 11.8 Å². The van der Waals surface area contributed by atoms with Crippen molar-refractivity contribution in [2.24, 2.45) is 0 Å². The van der Waals surface area contributed by atoms with Crippen molar-refractivity contribution < 1.29 is 14.3 Å². The molecular formula is C20H17NO3. The Labute approximate surface area is 141 Å². The molecule has 0 spiro atoms. The van der Waals surface area contributed by atoms with Gasteiger partial charge in [-0.2, -0.15) is 5.26 Å². The van der Waals surface area contributed by atoms with Gasteiger partial charge in [0.2, 0.25) is 0 Å². The number of nitrogens with zero attached hydrogens (tertiary/aromatic N) is 1. The Morgan fingerprint density at radius 2 is 1.83 bits per heavy atom. The van der Waals surface area contributed by atoms with Crippen LogP contribution in [0, 0.1) is 11.3 Å². The summed E-state index contributed by atoms with van der Waals surface area (Å²) in [6.07, 6.45) is 2.91. The first-order chi connectivity index (χ1) is 11.7. The first-order valence-corrected chi connectivity index (χ1v) is 7.40. The molecule has 2 aromatic carbocycles. The molecule has 4 nitrogen and oxygen atoms in total. The molecular weight excluding hydrogens is 302 g/mol. The molecule has 0 radical (unpaired) electrons. The summed E-state index contributed by atoms with van der Waals surface area (Å²) in [5.74, 6) is -0.0964. The Morgan fingerprint density at radius 1 is 1.12 bits per heavy atom. The molecule has 0 unspecified atom stereocenters. The van der Waals surface area contributed by atoms with E-state index in [1.54, 1.807) is 12.1 Å². The molecule has 0 amide bonds. The molecule has 2 aromatic rings. The number of nitriles is 1. The molecule has 0 aliphatic heterocycles. The monoisotopic (exact) mass is 319 g/mol. The normalized spacial score (nSPS) is 10.5. The Kier molecular flexibility index (Phi) is 6.36. The summed E-state index contributed by atoms with van der Waals surface area (Å²) in [5, 5.41) is 9.17. The number of para-hydroxylation sites is 1. The maximum Gasteiger partial charge on any atom is 0.349 e. The van der Waals surface area contributed by atoms with Gasteiger partial charge in [-0.1, -0.05) is 61.2 Å². The fraction of sp³-hybridized carbons (Fsp3) is 0.100. The largest absolute Gasteiger partial charge is 0.488 e. The van der Waals surface area contributed by atoms with Crippen LogP contribution in [0.3, 0.4) is 0 Å². The SMILES string of the molecule is C=CCOC(=O)/C(C#N)=C/c1ccccc1OCc1ccccc1. The number of carbonyl (C=O) groups is 1. The Balaban J connectivity index is 2.18. The van der Waals surface area contributed by atoms with Gasteiger partial charge in [-0.25, -0.2) is 4.79 Å². The van der Waals surface area contributed by atoms with E-state index in [-0.39, 0.29) is 12.2 Å². The molecule has 0 fully saturated rings. The van der Waals surface area contributed by atoms with Crippen LogP contribution in [-0.2, 0) is 16.1 Å². The van der Waals surface area contributed by atoms with Crippen molar-refractivity contribution in [1.82, 2.24) is 0 Å². The molecule has 0 heterocycles. The summed E-state index contributed by atoms with van der Waals surface area (Å²) >= 11 is 0. The van der Waals surface area contributed by atoms with E-state index in [4.69, 9.17) is 9.47 Å². The van der Waals surface area contributed by atoms with Crippen molar-refractivity contribution in [3.63, 3.8) is 0 Å². The first kappa shape index (κ1) is 17.0. The zero-order valence-corrected chi connectivity index (χ0v) is 13.1. The maximum absolute atomic E-state index is 11.8. The second-order valence-electron chi connectivity index (χ2n) is 4.87. The van der Waals surface area contributed by atoms with E-state index < -0.39 is 5.97 Å². The van der Waals surface area contributed by atoms with Crippen molar-refractivity contribution in [3.05, 3.63) is 84.0 Å². The summed E-state index contributed by atoms with van der Waals surface area (Å²) in [4.78, 5) is 11.8. The predicted octanol–water partition coefficient (Wildman–Crippen LogP) is 3.90. The van der Waals surface area contributed by atoms with E-state index in [0.717, 1.165) is 5.56 Å². The van der Waals surface area contributed by atoms with E-state index in [0.29, 0.717) is 17.9 Å². The van der Waals surface area contributed by atoms with Crippen LogP contribution >= 0.6 is 0 Å². The van der Waals surface area contributed by atoms with Crippen LogP contribution in [0.5, 0.6) is 5.75 Å². The maximum atomic E-state index is 11.8. The second-order valence-corrected chi connectivity index (χ2v) is 4.87. The molecule has 0 atom stereocenters. The highest BCUT2D eigenvalue weighted by atomic mass is 16.5. The molecule has 0 aliphatic carbocycles. The van der Waals surface area contributed by atoms with Gasteiger partial charge in [0, 0.05) is 5.56 Å². The third-order valence-corrected chi connectivity index (χ3v) is 3.13. The van der Waals surface area contributed by atoms with Crippen LogP contribution in [0.25, 0.3) is 6.08 Å². The average molecular weight is 319 g/mol. The van der Waals surface area contributed by atoms with E-state index in [1.165, 1.54) is 12.2 Å². The third-order valence-electron chi connectivity index (χ3n) is 3.13. The van der Waals surface area contributed by atoms with E-state index >= 15 is 0 Å². The second kappa shape index (κ2) is 8.96. The lowest BCUT2D eigenvalue weighted by Crippen LogP contribution is -2.06. The molecule has 0 N–H and O–H groups in total. The number of ether oxygens (including phenoxy) is 2. The Hall–Kier alpha value is -3.32. The van der Waals surface area contributed by atoms with Crippen molar-refractivity contribution >= 4 is 12.0 Å². The average Bonchev–Trinajstić information content (AvgIpc) is 2.64. The zero-order chi connectivity index (χ0) is 17.2.